The minimum absolute atomic E-state index is 0.251. The molecule has 1 saturated heterocycles. The van der Waals surface area contributed by atoms with Crippen molar-refractivity contribution in [3.05, 3.63) is 28.7 Å². The molecule has 0 aromatic heterocycles. The van der Waals surface area contributed by atoms with Crippen molar-refractivity contribution in [1.29, 1.82) is 0 Å². The van der Waals surface area contributed by atoms with Gasteiger partial charge in [-0.1, -0.05) is 15.9 Å². The standard InChI is InChI=1S/C14H21BrN2/c1-14(2)9-8-12(16-3)10-17(14)13-6-4-11(15)5-7-13/h4-7,12,16H,8-10H2,1-3H3. The van der Waals surface area contributed by atoms with Crippen LogP contribution in [0.25, 0.3) is 0 Å². The Morgan fingerprint density at radius 3 is 2.53 bits per heavy atom. The minimum atomic E-state index is 0.251. The molecule has 0 bridgehead atoms. The number of nitrogens with zero attached hydrogens (tertiary/aromatic N) is 1. The molecule has 1 heterocycles. The molecule has 1 atom stereocenters. The molecule has 2 rings (SSSR count). The maximum Gasteiger partial charge on any atom is 0.0371 e. The van der Waals surface area contributed by atoms with E-state index in [0.717, 1.165) is 11.0 Å². The third kappa shape index (κ3) is 2.83. The predicted molar refractivity (Wildman–Crippen MR) is 77.6 cm³/mol. The summed E-state index contributed by atoms with van der Waals surface area (Å²) in [6.45, 7) is 5.76. The second-order valence-corrected chi connectivity index (χ2v) is 6.34. The molecule has 0 saturated carbocycles. The monoisotopic (exact) mass is 296 g/mol. The number of likely N-dealkylation sites (N-methyl/N-ethyl adjacent to an activating group) is 1. The highest BCUT2D eigenvalue weighted by molar-refractivity contribution is 9.10. The fourth-order valence-electron chi connectivity index (χ4n) is 2.53. The Bertz CT molecular complexity index is 372. The lowest BCUT2D eigenvalue weighted by Crippen LogP contribution is -2.55. The van der Waals surface area contributed by atoms with Gasteiger partial charge in [0.05, 0.1) is 0 Å². The van der Waals surface area contributed by atoms with E-state index < -0.39 is 0 Å². The minimum Gasteiger partial charge on any atom is -0.365 e. The van der Waals surface area contributed by atoms with Crippen molar-refractivity contribution in [3.8, 4) is 0 Å². The van der Waals surface area contributed by atoms with Gasteiger partial charge in [-0.25, -0.2) is 0 Å². The number of anilines is 1. The Morgan fingerprint density at radius 2 is 1.94 bits per heavy atom. The zero-order valence-electron chi connectivity index (χ0n) is 10.8. The SMILES string of the molecule is CNC1CCC(C)(C)N(c2ccc(Br)cc2)C1. The molecule has 1 aromatic rings. The smallest absolute Gasteiger partial charge is 0.0371 e. The molecule has 2 nitrogen and oxygen atoms in total. The summed E-state index contributed by atoms with van der Waals surface area (Å²) < 4.78 is 1.14. The largest absolute Gasteiger partial charge is 0.365 e. The van der Waals surface area contributed by atoms with Crippen molar-refractivity contribution < 1.29 is 0 Å². The van der Waals surface area contributed by atoms with E-state index in [-0.39, 0.29) is 5.54 Å². The lowest BCUT2D eigenvalue weighted by atomic mass is 9.87. The molecule has 1 fully saturated rings. The van der Waals surface area contributed by atoms with Crippen molar-refractivity contribution in [2.45, 2.75) is 38.3 Å². The molecule has 0 aliphatic carbocycles. The number of hydrogen-bond donors (Lipinski definition) is 1. The molecule has 3 heteroatoms. The Labute approximate surface area is 113 Å². The van der Waals surface area contributed by atoms with Gasteiger partial charge in [0.15, 0.2) is 0 Å². The van der Waals surface area contributed by atoms with Crippen LogP contribution >= 0.6 is 15.9 Å². The lowest BCUT2D eigenvalue weighted by molar-refractivity contribution is 0.313. The second kappa shape index (κ2) is 4.99. The van der Waals surface area contributed by atoms with Gasteiger partial charge in [-0.15, -0.1) is 0 Å². The van der Waals surface area contributed by atoms with E-state index in [9.17, 15) is 0 Å². The highest BCUT2D eigenvalue weighted by Crippen LogP contribution is 2.33. The Morgan fingerprint density at radius 1 is 1.29 bits per heavy atom. The third-order valence-corrected chi connectivity index (χ3v) is 4.31. The number of benzene rings is 1. The van der Waals surface area contributed by atoms with Gasteiger partial charge in [0.2, 0.25) is 0 Å². The van der Waals surface area contributed by atoms with Gasteiger partial charge in [0, 0.05) is 28.3 Å². The van der Waals surface area contributed by atoms with E-state index in [2.05, 4.69) is 71.3 Å². The van der Waals surface area contributed by atoms with Gasteiger partial charge >= 0.3 is 0 Å². The molecule has 1 aromatic carbocycles. The van der Waals surface area contributed by atoms with Crippen LogP contribution in [0.15, 0.2) is 28.7 Å². The number of nitrogens with one attached hydrogen (secondary N) is 1. The number of halogens is 1. The van der Waals surface area contributed by atoms with Gasteiger partial charge in [-0.05, 0) is 58.0 Å². The summed E-state index contributed by atoms with van der Waals surface area (Å²) in [6, 6.07) is 9.24. The van der Waals surface area contributed by atoms with Crippen molar-refractivity contribution in [3.63, 3.8) is 0 Å². The van der Waals surface area contributed by atoms with Crippen LogP contribution < -0.4 is 10.2 Å². The van der Waals surface area contributed by atoms with Crippen molar-refractivity contribution in [1.82, 2.24) is 5.32 Å². The summed E-state index contributed by atoms with van der Waals surface area (Å²) in [6.07, 6.45) is 2.49. The van der Waals surface area contributed by atoms with E-state index in [1.165, 1.54) is 18.5 Å². The van der Waals surface area contributed by atoms with Gasteiger partial charge in [-0.3, -0.25) is 0 Å². The fourth-order valence-corrected chi connectivity index (χ4v) is 2.80. The van der Waals surface area contributed by atoms with Crippen LogP contribution in [0.1, 0.15) is 26.7 Å². The zero-order valence-corrected chi connectivity index (χ0v) is 12.4. The van der Waals surface area contributed by atoms with Gasteiger partial charge in [-0.2, -0.15) is 0 Å². The summed E-state index contributed by atoms with van der Waals surface area (Å²) in [5.41, 5.74) is 1.57. The normalized spacial score (nSPS) is 23.8. The van der Waals surface area contributed by atoms with Gasteiger partial charge in [0.1, 0.15) is 0 Å². The summed E-state index contributed by atoms with van der Waals surface area (Å²) in [7, 11) is 2.06. The number of hydrogen-bond acceptors (Lipinski definition) is 2. The molecule has 1 aliphatic rings. The first kappa shape index (κ1) is 12.9. The summed E-state index contributed by atoms with van der Waals surface area (Å²) in [4.78, 5) is 2.52. The van der Waals surface area contributed by atoms with Crippen LogP contribution in [0.3, 0.4) is 0 Å². The molecular formula is C14H21BrN2. The summed E-state index contributed by atoms with van der Waals surface area (Å²) >= 11 is 3.49. The molecule has 94 valence electrons. The van der Waals surface area contributed by atoms with Crippen LogP contribution in [-0.4, -0.2) is 25.2 Å². The van der Waals surface area contributed by atoms with Crippen molar-refractivity contribution in [2.24, 2.45) is 0 Å². The van der Waals surface area contributed by atoms with Crippen molar-refractivity contribution in [2.75, 3.05) is 18.5 Å². The van der Waals surface area contributed by atoms with E-state index in [4.69, 9.17) is 0 Å². The topological polar surface area (TPSA) is 15.3 Å². The van der Waals surface area contributed by atoms with Gasteiger partial charge < -0.3 is 10.2 Å². The highest BCUT2D eigenvalue weighted by Gasteiger charge is 2.33. The van der Waals surface area contributed by atoms with Gasteiger partial charge in [0.25, 0.3) is 0 Å². The number of rotatable bonds is 2. The van der Waals surface area contributed by atoms with Crippen LogP contribution in [0.4, 0.5) is 5.69 Å². The highest BCUT2D eigenvalue weighted by atomic mass is 79.9. The lowest BCUT2D eigenvalue weighted by Gasteiger charge is -2.47. The van der Waals surface area contributed by atoms with E-state index in [1.807, 2.05) is 0 Å². The molecule has 0 spiro atoms. The molecule has 1 N–H and O–H groups in total. The Hall–Kier alpha value is -0.540. The average molecular weight is 297 g/mol. The summed E-state index contributed by atoms with van der Waals surface area (Å²) in [5.74, 6) is 0. The predicted octanol–water partition coefficient (Wildman–Crippen LogP) is 3.42. The van der Waals surface area contributed by atoms with E-state index >= 15 is 0 Å². The Kier molecular flexibility index (Phi) is 3.79. The van der Waals surface area contributed by atoms with E-state index in [0.29, 0.717) is 6.04 Å². The first-order valence-corrected chi connectivity index (χ1v) is 7.03. The molecule has 1 aliphatic heterocycles. The Balaban J connectivity index is 2.23. The summed E-state index contributed by atoms with van der Waals surface area (Å²) in [5, 5.41) is 3.40. The molecular weight excluding hydrogens is 276 g/mol. The van der Waals surface area contributed by atoms with E-state index in [1.54, 1.807) is 0 Å². The zero-order chi connectivity index (χ0) is 12.5. The number of piperidine rings is 1. The average Bonchev–Trinajstić information content (AvgIpc) is 2.30. The molecule has 0 radical (unpaired) electrons. The van der Waals surface area contributed by atoms with Crippen LogP contribution in [0.2, 0.25) is 0 Å². The van der Waals surface area contributed by atoms with Crippen LogP contribution in [0.5, 0.6) is 0 Å². The quantitative estimate of drug-likeness (QED) is 0.900. The first-order valence-electron chi connectivity index (χ1n) is 6.23. The first-order chi connectivity index (χ1) is 8.03. The fraction of sp³-hybridized carbons (Fsp3) is 0.571. The molecule has 17 heavy (non-hydrogen) atoms. The maximum atomic E-state index is 3.49. The van der Waals surface area contributed by atoms with Crippen molar-refractivity contribution >= 4 is 21.6 Å². The maximum absolute atomic E-state index is 3.49. The third-order valence-electron chi connectivity index (χ3n) is 3.78. The van der Waals surface area contributed by atoms with Crippen LogP contribution in [-0.2, 0) is 0 Å². The second-order valence-electron chi connectivity index (χ2n) is 5.42. The van der Waals surface area contributed by atoms with Crippen LogP contribution in [0, 0.1) is 0 Å². The molecule has 0 amide bonds. The molecule has 1 unspecified atom stereocenters.